The standard InChI is InChI=1S/C28H31N3O5/c1-6-16-36-22-13-12-19(17-18(22)2)24(32)23-25(33)26(34)31(15-9-14-29(3)4)28(23)20-10-7-8-11-21(20)30(5)27(28)35/h6-8,10-13,17,32H,1,9,14-16H2,2-5H3/t28-/m1/s1. The first-order valence-electron chi connectivity index (χ1n) is 11.8. The summed E-state index contributed by atoms with van der Waals surface area (Å²) in [5.74, 6) is -1.90. The van der Waals surface area contributed by atoms with Gasteiger partial charge in [0.05, 0.1) is 5.57 Å². The zero-order valence-corrected chi connectivity index (χ0v) is 21.1. The second-order valence-electron chi connectivity index (χ2n) is 9.34. The third-order valence-electron chi connectivity index (χ3n) is 6.73. The van der Waals surface area contributed by atoms with E-state index in [-0.39, 0.29) is 17.9 Å². The zero-order valence-electron chi connectivity index (χ0n) is 21.1. The molecule has 4 rings (SSSR count). The minimum Gasteiger partial charge on any atom is -0.507 e. The first-order valence-corrected chi connectivity index (χ1v) is 11.8. The molecule has 188 valence electrons. The number of likely N-dealkylation sites (tertiary alicyclic amines) is 1. The van der Waals surface area contributed by atoms with Crippen LogP contribution < -0.4 is 9.64 Å². The number of rotatable bonds is 8. The summed E-state index contributed by atoms with van der Waals surface area (Å²) >= 11 is 0. The lowest BCUT2D eigenvalue weighted by Gasteiger charge is -2.34. The monoisotopic (exact) mass is 489 g/mol. The Hall–Kier alpha value is -3.91. The van der Waals surface area contributed by atoms with Crippen LogP contribution in [0.3, 0.4) is 0 Å². The van der Waals surface area contributed by atoms with Gasteiger partial charge in [0.2, 0.25) is 0 Å². The molecule has 2 aromatic rings. The smallest absolute Gasteiger partial charge is 0.296 e. The van der Waals surface area contributed by atoms with Crippen molar-refractivity contribution in [1.82, 2.24) is 9.80 Å². The van der Waals surface area contributed by atoms with E-state index in [1.165, 1.54) is 9.80 Å². The number of benzene rings is 2. The number of ether oxygens (including phenoxy) is 1. The van der Waals surface area contributed by atoms with Crippen LogP contribution in [0.25, 0.3) is 5.76 Å². The molecule has 1 fully saturated rings. The molecular weight excluding hydrogens is 458 g/mol. The molecule has 2 amide bonds. The fraction of sp³-hybridized carbons (Fsp3) is 0.321. The summed E-state index contributed by atoms with van der Waals surface area (Å²) in [5.41, 5.74) is 0.206. The normalized spacial score (nSPS) is 20.5. The van der Waals surface area contributed by atoms with Crippen LogP contribution in [0.1, 0.15) is 23.1 Å². The van der Waals surface area contributed by atoms with Crippen LogP contribution in [-0.4, -0.2) is 73.3 Å². The van der Waals surface area contributed by atoms with E-state index >= 15 is 0 Å². The van der Waals surface area contributed by atoms with E-state index in [0.717, 1.165) is 5.56 Å². The molecule has 36 heavy (non-hydrogen) atoms. The van der Waals surface area contributed by atoms with Crippen LogP contribution in [0.15, 0.2) is 60.7 Å². The number of likely N-dealkylation sites (N-methyl/N-ethyl adjacent to an activating group) is 1. The molecular formula is C28H31N3O5. The van der Waals surface area contributed by atoms with Gasteiger partial charge in [-0.25, -0.2) is 0 Å². The highest BCUT2D eigenvalue weighted by atomic mass is 16.5. The quantitative estimate of drug-likeness (QED) is 0.265. The van der Waals surface area contributed by atoms with Crippen molar-refractivity contribution in [3.8, 4) is 5.75 Å². The second kappa shape index (κ2) is 9.62. The fourth-order valence-corrected chi connectivity index (χ4v) is 5.07. The third-order valence-corrected chi connectivity index (χ3v) is 6.73. The number of para-hydroxylation sites is 1. The van der Waals surface area contributed by atoms with Crippen molar-refractivity contribution >= 4 is 29.0 Å². The molecule has 2 aliphatic heterocycles. The van der Waals surface area contributed by atoms with Crippen molar-refractivity contribution in [3.05, 3.63) is 77.4 Å². The van der Waals surface area contributed by atoms with Crippen molar-refractivity contribution < 1.29 is 24.2 Å². The predicted octanol–water partition coefficient (Wildman–Crippen LogP) is 3.06. The number of nitrogens with zero attached hydrogens (tertiary/aromatic N) is 3. The van der Waals surface area contributed by atoms with Crippen LogP contribution in [-0.2, 0) is 19.9 Å². The van der Waals surface area contributed by atoms with Crippen molar-refractivity contribution in [2.24, 2.45) is 0 Å². The molecule has 8 nitrogen and oxygen atoms in total. The van der Waals surface area contributed by atoms with Crippen LogP contribution in [0.5, 0.6) is 5.75 Å². The second-order valence-corrected chi connectivity index (χ2v) is 9.34. The topological polar surface area (TPSA) is 90.4 Å². The van der Waals surface area contributed by atoms with E-state index in [9.17, 15) is 19.5 Å². The lowest BCUT2D eigenvalue weighted by molar-refractivity contribution is -0.143. The molecule has 0 bridgehead atoms. The number of amides is 2. The molecule has 0 saturated carbocycles. The van der Waals surface area contributed by atoms with Gasteiger partial charge in [0, 0.05) is 30.4 Å². The lowest BCUT2D eigenvalue weighted by Crippen LogP contribution is -2.51. The SMILES string of the molecule is C=CCOc1ccc(C(O)=C2C(=O)C(=O)N(CCCN(C)C)[C@@]23C(=O)N(C)c2ccccc23)cc1C. The van der Waals surface area contributed by atoms with Gasteiger partial charge in [-0.1, -0.05) is 30.9 Å². The summed E-state index contributed by atoms with van der Waals surface area (Å²) in [4.78, 5) is 45.6. The third kappa shape index (κ3) is 3.78. The van der Waals surface area contributed by atoms with Crippen LogP contribution in [0, 0.1) is 6.92 Å². The Labute approximate surface area is 211 Å². The number of aryl methyl sites for hydroxylation is 1. The largest absolute Gasteiger partial charge is 0.507 e. The Morgan fingerprint density at radius 3 is 2.56 bits per heavy atom. The molecule has 1 atom stereocenters. The molecule has 1 spiro atoms. The first kappa shape index (κ1) is 25.2. The van der Waals surface area contributed by atoms with E-state index < -0.39 is 23.1 Å². The molecule has 0 radical (unpaired) electrons. The maximum Gasteiger partial charge on any atom is 0.296 e. The van der Waals surface area contributed by atoms with E-state index in [2.05, 4.69) is 6.58 Å². The number of fused-ring (bicyclic) bond motifs is 2. The lowest BCUT2D eigenvalue weighted by atomic mass is 9.81. The minimum absolute atomic E-state index is 0.181. The Balaban J connectivity index is 1.93. The van der Waals surface area contributed by atoms with Gasteiger partial charge in [-0.3, -0.25) is 14.4 Å². The van der Waals surface area contributed by atoms with E-state index in [4.69, 9.17) is 4.74 Å². The average Bonchev–Trinajstić information content (AvgIpc) is 3.21. The maximum atomic E-state index is 14.0. The van der Waals surface area contributed by atoms with Gasteiger partial charge in [-0.2, -0.15) is 0 Å². The highest BCUT2D eigenvalue weighted by Crippen LogP contribution is 2.53. The summed E-state index contributed by atoms with van der Waals surface area (Å²) in [7, 11) is 5.45. The van der Waals surface area contributed by atoms with Crippen LogP contribution in [0.4, 0.5) is 5.69 Å². The number of ketones is 1. The number of hydrogen-bond donors (Lipinski definition) is 1. The highest BCUT2D eigenvalue weighted by Gasteiger charge is 2.66. The van der Waals surface area contributed by atoms with Gasteiger partial charge in [0.15, 0.2) is 5.54 Å². The van der Waals surface area contributed by atoms with Crippen LogP contribution >= 0.6 is 0 Å². The summed E-state index contributed by atoms with van der Waals surface area (Å²) in [6, 6.07) is 12.1. The van der Waals surface area contributed by atoms with Crippen molar-refractivity contribution in [2.45, 2.75) is 18.9 Å². The number of carbonyl (C=O) groups is 3. The molecule has 1 saturated heterocycles. The summed E-state index contributed by atoms with van der Waals surface area (Å²) in [5, 5.41) is 11.5. The Morgan fingerprint density at radius 1 is 1.17 bits per heavy atom. The first-order chi connectivity index (χ1) is 17.2. The van der Waals surface area contributed by atoms with Gasteiger partial charge in [0.25, 0.3) is 17.6 Å². The number of carbonyl (C=O) groups excluding carboxylic acids is 3. The Morgan fingerprint density at radius 2 is 1.89 bits per heavy atom. The predicted molar refractivity (Wildman–Crippen MR) is 138 cm³/mol. The Bertz CT molecular complexity index is 1280. The number of anilines is 1. The molecule has 0 unspecified atom stereocenters. The molecule has 1 N–H and O–H groups in total. The van der Waals surface area contributed by atoms with E-state index in [1.807, 2.05) is 25.9 Å². The van der Waals surface area contributed by atoms with E-state index in [1.54, 1.807) is 55.6 Å². The van der Waals surface area contributed by atoms with Gasteiger partial charge in [0.1, 0.15) is 18.1 Å². The van der Waals surface area contributed by atoms with Gasteiger partial charge in [-0.05, 0) is 63.8 Å². The number of hydrogen-bond acceptors (Lipinski definition) is 6. The Kier molecular flexibility index (Phi) is 6.73. The molecule has 2 heterocycles. The number of aliphatic hydroxyl groups is 1. The summed E-state index contributed by atoms with van der Waals surface area (Å²) < 4.78 is 5.63. The summed E-state index contributed by atoms with van der Waals surface area (Å²) in [6.45, 7) is 6.62. The van der Waals surface area contributed by atoms with Crippen molar-refractivity contribution in [1.29, 1.82) is 0 Å². The van der Waals surface area contributed by atoms with Gasteiger partial charge in [-0.15, -0.1) is 0 Å². The van der Waals surface area contributed by atoms with Crippen molar-refractivity contribution in [3.63, 3.8) is 0 Å². The molecule has 2 aliphatic rings. The number of aliphatic hydroxyl groups excluding tert-OH is 1. The summed E-state index contributed by atoms with van der Waals surface area (Å²) in [6.07, 6.45) is 2.18. The zero-order chi connectivity index (χ0) is 26.2. The molecule has 2 aromatic carbocycles. The minimum atomic E-state index is -1.73. The highest BCUT2D eigenvalue weighted by molar-refractivity contribution is 6.50. The maximum absolute atomic E-state index is 14.0. The van der Waals surface area contributed by atoms with E-state index in [0.29, 0.717) is 42.1 Å². The number of Topliss-reactive ketones (excluding diaryl/α,β-unsaturated/α-hetero) is 1. The van der Waals surface area contributed by atoms with Gasteiger partial charge < -0.3 is 24.5 Å². The van der Waals surface area contributed by atoms with Crippen molar-refractivity contribution in [2.75, 3.05) is 45.7 Å². The molecule has 0 aliphatic carbocycles. The average molecular weight is 490 g/mol. The fourth-order valence-electron chi connectivity index (χ4n) is 5.07. The van der Waals surface area contributed by atoms with Crippen LogP contribution in [0.2, 0.25) is 0 Å². The molecule has 0 aromatic heterocycles. The van der Waals surface area contributed by atoms with Gasteiger partial charge >= 0.3 is 0 Å². The molecule has 8 heteroatoms.